The molecule has 4 rings (SSSR count). The van der Waals surface area contributed by atoms with Gasteiger partial charge in [-0.25, -0.2) is 0 Å². The summed E-state index contributed by atoms with van der Waals surface area (Å²) in [4.78, 5) is 37.3. The predicted octanol–water partition coefficient (Wildman–Crippen LogP) is 2.05. The highest BCUT2D eigenvalue weighted by molar-refractivity contribution is 5.80. The molecule has 158 valence electrons. The number of nitrogens with zero attached hydrogens (tertiary/aromatic N) is 4. The normalized spacial score (nSPS) is 20.8. The zero-order valence-corrected chi connectivity index (χ0v) is 17.2. The van der Waals surface area contributed by atoms with E-state index in [0.29, 0.717) is 38.4 Å². The van der Waals surface area contributed by atoms with Crippen molar-refractivity contribution < 1.29 is 9.59 Å². The van der Waals surface area contributed by atoms with Gasteiger partial charge in [-0.05, 0) is 56.5 Å². The van der Waals surface area contributed by atoms with E-state index in [9.17, 15) is 9.59 Å². The summed E-state index contributed by atoms with van der Waals surface area (Å²) in [6.45, 7) is 3.47. The van der Waals surface area contributed by atoms with Crippen molar-refractivity contribution in [3.05, 3.63) is 48.4 Å². The number of primary amides is 1. The first-order valence-corrected chi connectivity index (χ1v) is 10.8. The summed E-state index contributed by atoms with van der Waals surface area (Å²) < 4.78 is 0. The van der Waals surface area contributed by atoms with Crippen molar-refractivity contribution >= 4 is 11.8 Å². The molecule has 1 atom stereocenters. The molecule has 2 N–H and O–H groups in total. The van der Waals surface area contributed by atoms with Crippen molar-refractivity contribution in [2.75, 3.05) is 32.7 Å². The molecule has 2 fully saturated rings. The Kier molecular flexibility index (Phi) is 6.38. The third-order valence-corrected chi connectivity index (χ3v) is 6.28. The zero-order valence-electron chi connectivity index (χ0n) is 17.2. The summed E-state index contributed by atoms with van der Waals surface area (Å²) in [6.07, 6.45) is 7.18. The number of carbonyl (C=O) groups excluding carboxylic acids is 2. The summed E-state index contributed by atoms with van der Waals surface area (Å²) >= 11 is 0. The van der Waals surface area contributed by atoms with Gasteiger partial charge in [-0.2, -0.15) is 0 Å². The number of likely N-dealkylation sites (tertiary alicyclic amines) is 2. The number of nitrogens with two attached hydrogens (primary N) is 1. The van der Waals surface area contributed by atoms with Gasteiger partial charge < -0.3 is 10.6 Å². The van der Waals surface area contributed by atoms with Gasteiger partial charge in [-0.3, -0.25) is 24.5 Å². The molecule has 0 aromatic carbocycles. The average molecular weight is 408 g/mol. The number of pyridine rings is 2. The number of hydrogen-bond acceptors (Lipinski definition) is 5. The highest BCUT2D eigenvalue weighted by Gasteiger charge is 2.29. The SMILES string of the molecule is NC(=O)C1CCN(C(=O)CN2CCC[C@H](c3ccc(-c4ccccn4)cn3)C2)CC1. The first-order chi connectivity index (χ1) is 14.6. The van der Waals surface area contributed by atoms with Crippen LogP contribution in [-0.4, -0.2) is 64.3 Å². The van der Waals surface area contributed by atoms with Crippen molar-refractivity contribution in [2.45, 2.75) is 31.6 Å². The third-order valence-electron chi connectivity index (χ3n) is 6.28. The van der Waals surface area contributed by atoms with Crippen molar-refractivity contribution in [3.63, 3.8) is 0 Å². The second-order valence-corrected chi connectivity index (χ2v) is 8.32. The molecule has 2 aliphatic heterocycles. The molecule has 7 nitrogen and oxygen atoms in total. The van der Waals surface area contributed by atoms with Crippen LogP contribution in [0.3, 0.4) is 0 Å². The van der Waals surface area contributed by atoms with E-state index in [1.165, 1.54) is 0 Å². The van der Waals surface area contributed by atoms with E-state index < -0.39 is 0 Å². The van der Waals surface area contributed by atoms with Crippen LogP contribution in [0.5, 0.6) is 0 Å². The molecule has 2 amide bonds. The first-order valence-electron chi connectivity index (χ1n) is 10.8. The zero-order chi connectivity index (χ0) is 20.9. The maximum Gasteiger partial charge on any atom is 0.236 e. The van der Waals surface area contributed by atoms with Crippen molar-refractivity contribution in [3.8, 4) is 11.3 Å². The Morgan fingerprint density at radius 1 is 1.03 bits per heavy atom. The Morgan fingerprint density at radius 3 is 2.53 bits per heavy atom. The van der Waals surface area contributed by atoms with Crippen LogP contribution in [0.25, 0.3) is 11.3 Å². The van der Waals surface area contributed by atoms with Crippen LogP contribution in [0, 0.1) is 5.92 Å². The Hall–Kier alpha value is -2.80. The quantitative estimate of drug-likeness (QED) is 0.819. The van der Waals surface area contributed by atoms with E-state index in [-0.39, 0.29) is 17.7 Å². The molecule has 2 aromatic rings. The maximum absolute atomic E-state index is 12.7. The molecule has 0 unspecified atom stereocenters. The van der Waals surface area contributed by atoms with Gasteiger partial charge in [-0.1, -0.05) is 6.07 Å². The molecule has 0 spiro atoms. The number of piperidine rings is 2. The van der Waals surface area contributed by atoms with Gasteiger partial charge in [0.05, 0.1) is 12.2 Å². The van der Waals surface area contributed by atoms with E-state index in [1.54, 1.807) is 6.20 Å². The Balaban J connectivity index is 1.32. The summed E-state index contributed by atoms with van der Waals surface area (Å²) in [7, 11) is 0. The van der Waals surface area contributed by atoms with Crippen molar-refractivity contribution in [1.82, 2.24) is 19.8 Å². The van der Waals surface area contributed by atoms with Crippen molar-refractivity contribution in [2.24, 2.45) is 11.7 Å². The Labute approximate surface area is 177 Å². The predicted molar refractivity (Wildman–Crippen MR) is 114 cm³/mol. The molecule has 0 saturated carbocycles. The second-order valence-electron chi connectivity index (χ2n) is 8.32. The molecular weight excluding hydrogens is 378 g/mol. The fourth-order valence-corrected chi connectivity index (χ4v) is 4.48. The van der Waals surface area contributed by atoms with Crippen LogP contribution >= 0.6 is 0 Å². The van der Waals surface area contributed by atoms with Crippen LogP contribution in [-0.2, 0) is 9.59 Å². The van der Waals surface area contributed by atoms with Gasteiger partial charge in [-0.15, -0.1) is 0 Å². The van der Waals surface area contributed by atoms with E-state index in [0.717, 1.165) is 42.9 Å². The average Bonchev–Trinajstić information content (AvgIpc) is 2.80. The van der Waals surface area contributed by atoms with Gasteiger partial charge >= 0.3 is 0 Å². The Morgan fingerprint density at radius 2 is 1.87 bits per heavy atom. The number of carbonyl (C=O) groups is 2. The van der Waals surface area contributed by atoms with E-state index >= 15 is 0 Å². The van der Waals surface area contributed by atoms with Gasteiger partial charge in [0.1, 0.15) is 0 Å². The summed E-state index contributed by atoms with van der Waals surface area (Å²) in [5, 5.41) is 0. The highest BCUT2D eigenvalue weighted by atomic mass is 16.2. The standard InChI is InChI=1S/C23H29N5O2/c24-23(30)17-8-12-28(13-9-17)22(29)16-27-11-3-4-19(15-27)21-7-6-18(14-26-21)20-5-1-2-10-25-20/h1-2,5-7,10,14,17,19H,3-4,8-9,11-13,15-16H2,(H2,24,30)/t19-/m0/s1. The van der Waals surface area contributed by atoms with E-state index in [4.69, 9.17) is 10.7 Å². The minimum absolute atomic E-state index is 0.0893. The van der Waals surface area contributed by atoms with Gasteiger partial charge in [0, 0.05) is 55.1 Å². The molecule has 2 saturated heterocycles. The van der Waals surface area contributed by atoms with E-state index in [1.807, 2.05) is 29.3 Å². The lowest BCUT2D eigenvalue weighted by atomic mass is 9.93. The third kappa shape index (κ3) is 4.84. The lowest BCUT2D eigenvalue weighted by Crippen LogP contribution is -2.47. The van der Waals surface area contributed by atoms with Gasteiger partial charge in [0.2, 0.25) is 11.8 Å². The largest absolute Gasteiger partial charge is 0.369 e. The minimum atomic E-state index is -0.248. The monoisotopic (exact) mass is 407 g/mol. The molecule has 2 aliphatic rings. The number of amides is 2. The molecule has 30 heavy (non-hydrogen) atoms. The van der Waals surface area contributed by atoms with Gasteiger partial charge in [0.25, 0.3) is 0 Å². The summed E-state index contributed by atoms with van der Waals surface area (Å²) in [6, 6.07) is 10.0. The molecule has 2 aromatic heterocycles. The number of rotatable bonds is 5. The lowest BCUT2D eigenvalue weighted by molar-refractivity contribution is -0.136. The van der Waals surface area contributed by atoms with Crippen LogP contribution < -0.4 is 5.73 Å². The molecule has 7 heteroatoms. The highest BCUT2D eigenvalue weighted by Crippen LogP contribution is 2.27. The second kappa shape index (κ2) is 9.34. The summed E-state index contributed by atoms with van der Waals surface area (Å²) in [5.74, 6) is 0.151. The number of hydrogen-bond donors (Lipinski definition) is 1. The first kappa shape index (κ1) is 20.5. The molecule has 0 bridgehead atoms. The van der Waals surface area contributed by atoms with Crippen LogP contribution in [0.4, 0.5) is 0 Å². The van der Waals surface area contributed by atoms with E-state index in [2.05, 4.69) is 22.0 Å². The fourth-order valence-electron chi connectivity index (χ4n) is 4.48. The van der Waals surface area contributed by atoms with Crippen LogP contribution in [0.15, 0.2) is 42.7 Å². The number of aromatic nitrogens is 2. The lowest BCUT2D eigenvalue weighted by Gasteiger charge is -2.35. The van der Waals surface area contributed by atoms with Crippen LogP contribution in [0.1, 0.15) is 37.3 Å². The fraction of sp³-hybridized carbons (Fsp3) is 0.478. The topological polar surface area (TPSA) is 92.4 Å². The smallest absolute Gasteiger partial charge is 0.236 e. The molecule has 4 heterocycles. The Bertz CT molecular complexity index is 863. The summed E-state index contributed by atoms with van der Waals surface area (Å²) in [5.41, 5.74) is 8.41. The minimum Gasteiger partial charge on any atom is -0.369 e. The maximum atomic E-state index is 12.7. The molecular formula is C23H29N5O2. The van der Waals surface area contributed by atoms with Gasteiger partial charge in [0.15, 0.2) is 0 Å². The van der Waals surface area contributed by atoms with Crippen LogP contribution in [0.2, 0.25) is 0 Å². The van der Waals surface area contributed by atoms with Crippen molar-refractivity contribution in [1.29, 1.82) is 0 Å². The molecule has 0 aliphatic carbocycles. The molecule has 0 radical (unpaired) electrons.